The summed E-state index contributed by atoms with van der Waals surface area (Å²) < 4.78 is 11.8. The van der Waals surface area contributed by atoms with E-state index in [0.29, 0.717) is 22.9 Å². The van der Waals surface area contributed by atoms with Crippen molar-refractivity contribution in [1.82, 2.24) is 9.78 Å². The predicted octanol–water partition coefficient (Wildman–Crippen LogP) is 2.89. The molecule has 28 heavy (non-hydrogen) atoms. The number of amides is 1. The van der Waals surface area contributed by atoms with Crippen molar-refractivity contribution >= 4 is 11.6 Å². The van der Waals surface area contributed by atoms with E-state index < -0.39 is 0 Å². The molecule has 4 rings (SSSR count). The highest BCUT2D eigenvalue weighted by molar-refractivity contribution is 5.90. The summed E-state index contributed by atoms with van der Waals surface area (Å²) in [4.78, 5) is 24.6. The molecule has 3 aromatic rings. The molecule has 0 radical (unpaired) electrons. The highest BCUT2D eigenvalue weighted by Gasteiger charge is 2.15. The molecule has 0 fully saturated rings. The van der Waals surface area contributed by atoms with E-state index in [2.05, 4.69) is 10.4 Å². The molecule has 0 aliphatic carbocycles. The van der Waals surface area contributed by atoms with Gasteiger partial charge in [-0.2, -0.15) is 5.10 Å². The summed E-state index contributed by atoms with van der Waals surface area (Å²) in [5.74, 6) is 0.983. The van der Waals surface area contributed by atoms with Crippen LogP contribution in [0, 0.1) is 13.8 Å². The number of nitrogens with zero attached hydrogens (tertiary/aromatic N) is 2. The zero-order chi connectivity index (χ0) is 19.7. The minimum atomic E-state index is -0.347. The van der Waals surface area contributed by atoms with E-state index >= 15 is 0 Å². The van der Waals surface area contributed by atoms with Crippen molar-refractivity contribution in [1.29, 1.82) is 0 Å². The van der Waals surface area contributed by atoms with Gasteiger partial charge in [0.25, 0.3) is 5.56 Å². The van der Waals surface area contributed by atoms with Crippen LogP contribution in [0.5, 0.6) is 11.5 Å². The first-order chi connectivity index (χ1) is 13.5. The van der Waals surface area contributed by atoms with E-state index in [4.69, 9.17) is 9.47 Å². The van der Waals surface area contributed by atoms with Gasteiger partial charge in [0.2, 0.25) is 12.7 Å². The van der Waals surface area contributed by atoms with Crippen LogP contribution in [0.4, 0.5) is 5.69 Å². The Kier molecular flexibility index (Phi) is 4.57. The van der Waals surface area contributed by atoms with E-state index in [1.54, 1.807) is 18.2 Å². The summed E-state index contributed by atoms with van der Waals surface area (Å²) in [7, 11) is 0. The summed E-state index contributed by atoms with van der Waals surface area (Å²) >= 11 is 0. The number of aryl methyl sites for hydroxylation is 2. The van der Waals surface area contributed by atoms with Crippen molar-refractivity contribution in [3.63, 3.8) is 0 Å². The fourth-order valence-corrected chi connectivity index (χ4v) is 3.16. The first kappa shape index (κ1) is 17.8. The van der Waals surface area contributed by atoms with Gasteiger partial charge in [-0.15, -0.1) is 0 Å². The van der Waals surface area contributed by atoms with Gasteiger partial charge in [0.05, 0.1) is 5.69 Å². The second-order valence-electron chi connectivity index (χ2n) is 6.71. The fourth-order valence-electron chi connectivity index (χ4n) is 3.16. The van der Waals surface area contributed by atoms with Gasteiger partial charge in [0.1, 0.15) is 6.54 Å². The maximum atomic E-state index is 12.4. The minimum absolute atomic E-state index is 0.176. The average Bonchev–Trinajstić information content (AvgIpc) is 3.10. The molecular formula is C21H19N3O4. The van der Waals surface area contributed by atoms with E-state index in [1.165, 1.54) is 6.07 Å². The molecule has 2 heterocycles. The number of benzene rings is 2. The second-order valence-corrected chi connectivity index (χ2v) is 6.71. The highest BCUT2D eigenvalue weighted by atomic mass is 16.7. The summed E-state index contributed by atoms with van der Waals surface area (Å²) in [6.07, 6.45) is 0. The Balaban J connectivity index is 1.55. The molecule has 0 saturated carbocycles. The highest BCUT2D eigenvalue weighted by Crippen LogP contribution is 2.35. The number of rotatable bonds is 4. The van der Waals surface area contributed by atoms with Crippen LogP contribution in [0.3, 0.4) is 0 Å². The SMILES string of the molecule is Cc1cc(C)cc(NC(=O)Cn2nc(-c3ccc4c(c3)OCO4)ccc2=O)c1. The molecule has 7 heteroatoms. The maximum absolute atomic E-state index is 12.4. The zero-order valence-corrected chi connectivity index (χ0v) is 15.6. The van der Waals surface area contributed by atoms with Crippen molar-refractivity contribution in [2.45, 2.75) is 20.4 Å². The molecule has 0 bridgehead atoms. The van der Waals surface area contributed by atoms with Gasteiger partial charge in [-0.1, -0.05) is 6.07 Å². The lowest BCUT2D eigenvalue weighted by Gasteiger charge is -2.10. The van der Waals surface area contributed by atoms with Gasteiger partial charge < -0.3 is 14.8 Å². The van der Waals surface area contributed by atoms with Crippen LogP contribution < -0.4 is 20.3 Å². The molecule has 1 aliphatic rings. The number of fused-ring (bicyclic) bond motifs is 1. The topological polar surface area (TPSA) is 82.5 Å². The van der Waals surface area contributed by atoms with Crippen molar-refractivity contribution in [3.05, 3.63) is 70.0 Å². The van der Waals surface area contributed by atoms with Crippen LogP contribution in [-0.2, 0) is 11.3 Å². The maximum Gasteiger partial charge on any atom is 0.267 e. The third-order valence-corrected chi connectivity index (χ3v) is 4.33. The minimum Gasteiger partial charge on any atom is -0.454 e. The number of anilines is 1. The third kappa shape index (κ3) is 3.73. The molecule has 0 saturated heterocycles. The van der Waals surface area contributed by atoms with E-state index in [1.807, 2.05) is 38.1 Å². The lowest BCUT2D eigenvalue weighted by molar-refractivity contribution is -0.117. The Labute approximate surface area is 161 Å². The number of hydrogen-bond acceptors (Lipinski definition) is 5. The molecule has 1 aliphatic heterocycles. The summed E-state index contributed by atoms with van der Waals surface area (Å²) in [5.41, 5.74) is 3.79. The van der Waals surface area contributed by atoms with E-state index in [0.717, 1.165) is 21.4 Å². The quantitative estimate of drug-likeness (QED) is 0.756. The van der Waals surface area contributed by atoms with E-state index in [9.17, 15) is 9.59 Å². The normalized spacial score (nSPS) is 12.1. The molecule has 1 N–H and O–H groups in total. The van der Waals surface area contributed by atoms with Gasteiger partial charge in [0, 0.05) is 17.3 Å². The molecule has 0 atom stereocenters. The molecule has 7 nitrogen and oxygen atoms in total. The number of carbonyl (C=O) groups is 1. The molecule has 0 spiro atoms. The Morgan fingerprint density at radius 2 is 1.79 bits per heavy atom. The lowest BCUT2D eigenvalue weighted by Crippen LogP contribution is -2.29. The zero-order valence-electron chi connectivity index (χ0n) is 15.6. The van der Waals surface area contributed by atoms with Crippen molar-refractivity contribution < 1.29 is 14.3 Å². The predicted molar refractivity (Wildman–Crippen MR) is 105 cm³/mol. The molecule has 1 aromatic heterocycles. The van der Waals surface area contributed by atoms with Crippen LogP contribution >= 0.6 is 0 Å². The molecule has 0 unspecified atom stereocenters. The number of nitrogens with one attached hydrogen (secondary N) is 1. The van der Waals surface area contributed by atoms with Crippen LogP contribution in [0.25, 0.3) is 11.3 Å². The summed E-state index contributed by atoms with van der Waals surface area (Å²) in [6, 6.07) is 14.2. The monoisotopic (exact) mass is 377 g/mol. The van der Waals surface area contributed by atoms with Crippen LogP contribution in [0.15, 0.2) is 53.3 Å². The Hall–Kier alpha value is -3.61. The van der Waals surface area contributed by atoms with Gasteiger partial charge in [-0.25, -0.2) is 4.68 Å². The second kappa shape index (κ2) is 7.19. The number of aromatic nitrogens is 2. The van der Waals surface area contributed by atoms with E-state index in [-0.39, 0.29) is 24.8 Å². The smallest absolute Gasteiger partial charge is 0.267 e. The first-order valence-corrected chi connectivity index (χ1v) is 8.84. The third-order valence-electron chi connectivity index (χ3n) is 4.33. The van der Waals surface area contributed by atoms with Crippen LogP contribution in [0.2, 0.25) is 0 Å². The van der Waals surface area contributed by atoms with Crippen LogP contribution in [0.1, 0.15) is 11.1 Å². The molecule has 142 valence electrons. The Bertz CT molecular complexity index is 1100. The number of hydrogen-bond donors (Lipinski definition) is 1. The number of carbonyl (C=O) groups excluding carboxylic acids is 1. The largest absolute Gasteiger partial charge is 0.454 e. The van der Waals surface area contributed by atoms with Gasteiger partial charge in [0.15, 0.2) is 11.5 Å². The Morgan fingerprint density at radius 3 is 2.57 bits per heavy atom. The van der Waals surface area contributed by atoms with Gasteiger partial charge >= 0.3 is 0 Å². The van der Waals surface area contributed by atoms with Crippen molar-refractivity contribution in [2.24, 2.45) is 0 Å². The summed E-state index contributed by atoms with van der Waals surface area (Å²) in [6.45, 7) is 3.93. The Morgan fingerprint density at radius 1 is 1.04 bits per heavy atom. The van der Waals surface area contributed by atoms with Gasteiger partial charge in [-0.3, -0.25) is 9.59 Å². The lowest BCUT2D eigenvalue weighted by atomic mass is 10.1. The molecule has 1 amide bonds. The standard InChI is InChI=1S/C21H19N3O4/c1-13-7-14(2)9-16(8-13)22-20(25)11-24-21(26)6-4-17(23-24)15-3-5-18-19(10-15)28-12-27-18/h3-10H,11-12H2,1-2H3,(H,22,25). The average molecular weight is 377 g/mol. The fraction of sp³-hybridized carbons (Fsp3) is 0.190. The van der Waals surface area contributed by atoms with Gasteiger partial charge in [-0.05, 0) is 61.4 Å². The number of ether oxygens (including phenoxy) is 2. The first-order valence-electron chi connectivity index (χ1n) is 8.84. The molecular weight excluding hydrogens is 358 g/mol. The van der Waals surface area contributed by atoms with Crippen LogP contribution in [-0.4, -0.2) is 22.5 Å². The summed E-state index contributed by atoms with van der Waals surface area (Å²) in [5, 5.41) is 7.15. The van der Waals surface area contributed by atoms with Crippen molar-refractivity contribution in [2.75, 3.05) is 12.1 Å². The van der Waals surface area contributed by atoms with Crippen molar-refractivity contribution in [3.8, 4) is 22.8 Å². The molecule has 2 aromatic carbocycles.